The van der Waals surface area contributed by atoms with Gasteiger partial charge in [0.1, 0.15) is 6.23 Å². The van der Waals surface area contributed by atoms with Crippen LogP contribution in [0.1, 0.15) is 47.3 Å². The first kappa shape index (κ1) is 18.6. The maximum atomic E-state index is 11.5. The summed E-state index contributed by atoms with van der Waals surface area (Å²) in [6.45, 7) is 9.89. The number of aliphatic hydroxyl groups is 1. The standard InChI is InChI=1S/C10H14N2O4.2C2H6/c1-6-4-7(5-13)16-9(6)12-3-2-8(14)11-10(12)15;2*1-2/h2-3,6-7,9,13H,4-5H2,1H3,(H,11,14,15);2*1-2H3/t6-,7-,9?;;/m0../s1. The Balaban J connectivity index is 0.000000829. The lowest BCUT2D eigenvalue weighted by atomic mass is 10.1. The molecule has 6 nitrogen and oxygen atoms in total. The summed E-state index contributed by atoms with van der Waals surface area (Å²) in [6.07, 6.45) is 1.47. The molecular weight excluding hydrogens is 260 g/mol. The molecule has 3 atom stereocenters. The van der Waals surface area contributed by atoms with Crippen molar-refractivity contribution in [3.63, 3.8) is 0 Å². The van der Waals surface area contributed by atoms with E-state index in [9.17, 15) is 9.59 Å². The number of nitrogens with zero attached hydrogens (tertiary/aromatic N) is 1. The molecule has 20 heavy (non-hydrogen) atoms. The number of aromatic amines is 1. The van der Waals surface area contributed by atoms with Crippen LogP contribution in [-0.4, -0.2) is 27.4 Å². The van der Waals surface area contributed by atoms with Gasteiger partial charge in [0.05, 0.1) is 12.7 Å². The van der Waals surface area contributed by atoms with Crippen molar-refractivity contribution in [2.75, 3.05) is 6.61 Å². The largest absolute Gasteiger partial charge is 0.394 e. The zero-order valence-electron chi connectivity index (χ0n) is 12.9. The number of aliphatic hydroxyl groups excluding tert-OH is 1. The highest BCUT2D eigenvalue weighted by atomic mass is 16.5. The van der Waals surface area contributed by atoms with E-state index in [1.54, 1.807) is 0 Å². The number of rotatable bonds is 2. The van der Waals surface area contributed by atoms with Crippen molar-refractivity contribution in [2.24, 2.45) is 5.92 Å². The van der Waals surface area contributed by atoms with E-state index in [2.05, 4.69) is 4.98 Å². The van der Waals surface area contributed by atoms with Gasteiger partial charge in [-0.25, -0.2) is 4.79 Å². The van der Waals surface area contributed by atoms with E-state index in [0.717, 1.165) is 0 Å². The van der Waals surface area contributed by atoms with Crippen LogP contribution in [0, 0.1) is 5.92 Å². The van der Waals surface area contributed by atoms with Crippen molar-refractivity contribution in [1.29, 1.82) is 0 Å². The maximum Gasteiger partial charge on any atom is 0.330 e. The predicted octanol–water partition coefficient (Wildman–Crippen LogP) is 1.50. The monoisotopic (exact) mass is 286 g/mol. The number of aromatic nitrogens is 2. The summed E-state index contributed by atoms with van der Waals surface area (Å²) in [5, 5.41) is 8.99. The van der Waals surface area contributed by atoms with Crippen molar-refractivity contribution in [2.45, 2.75) is 53.4 Å². The van der Waals surface area contributed by atoms with Crippen LogP contribution in [0.4, 0.5) is 0 Å². The summed E-state index contributed by atoms with van der Waals surface area (Å²) in [5.41, 5.74) is -0.909. The lowest BCUT2D eigenvalue weighted by Crippen LogP contribution is -2.33. The summed E-state index contributed by atoms with van der Waals surface area (Å²) in [4.78, 5) is 24.6. The Morgan fingerprint density at radius 3 is 2.40 bits per heavy atom. The van der Waals surface area contributed by atoms with Gasteiger partial charge in [0.2, 0.25) is 0 Å². The van der Waals surface area contributed by atoms with Crippen LogP contribution < -0.4 is 11.2 Å². The van der Waals surface area contributed by atoms with Crippen LogP contribution in [0.2, 0.25) is 0 Å². The summed E-state index contributed by atoms with van der Waals surface area (Å²) < 4.78 is 6.87. The summed E-state index contributed by atoms with van der Waals surface area (Å²) in [7, 11) is 0. The molecule has 2 heterocycles. The van der Waals surface area contributed by atoms with Gasteiger partial charge in [-0.15, -0.1) is 0 Å². The molecule has 1 aromatic heterocycles. The third kappa shape index (κ3) is 4.61. The molecule has 1 saturated heterocycles. The Hall–Kier alpha value is -1.40. The number of H-pyrrole nitrogens is 1. The highest BCUT2D eigenvalue weighted by Crippen LogP contribution is 2.32. The van der Waals surface area contributed by atoms with Crippen LogP contribution in [0.25, 0.3) is 0 Å². The van der Waals surface area contributed by atoms with Crippen LogP contribution in [0.3, 0.4) is 0 Å². The minimum Gasteiger partial charge on any atom is -0.394 e. The van der Waals surface area contributed by atoms with Crippen molar-refractivity contribution in [3.05, 3.63) is 33.1 Å². The molecule has 1 fully saturated rings. The molecule has 0 bridgehead atoms. The number of hydrogen-bond donors (Lipinski definition) is 2. The van der Waals surface area contributed by atoms with Crippen LogP contribution in [-0.2, 0) is 4.74 Å². The highest BCUT2D eigenvalue weighted by molar-refractivity contribution is 4.87. The maximum absolute atomic E-state index is 11.5. The zero-order valence-corrected chi connectivity index (χ0v) is 12.9. The molecule has 2 N–H and O–H groups in total. The highest BCUT2D eigenvalue weighted by Gasteiger charge is 2.33. The Bertz CT molecular complexity index is 481. The van der Waals surface area contributed by atoms with E-state index in [-0.39, 0.29) is 18.6 Å². The lowest BCUT2D eigenvalue weighted by Gasteiger charge is -2.17. The lowest BCUT2D eigenvalue weighted by molar-refractivity contribution is -0.0336. The quantitative estimate of drug-likeness (QED) is 0.863. The molecule has 0 aromatic carbocycles. The Morgan fingerprint density at radius 2 is 1.95 bits per heavy atom. The fraction of sp³-hybridized carbons (Fsp3) is 0.714. The van der Waals surface area contributed by atoms with Gasteiger partial charge in [-0.05, 0) is 6.42 Å². The van der Waals surface area contributed by atoms with Gasteiger partial charge in [0, 0.05) is 18.2 Å². The second-order valence-corrected chi connectivity index (χ2v) is 4.06. The van der Waals surface area contributed by atoms with Gasteiger partial charge in [-0.3, -0.25) is 14.3 Å². The average molecular weight is 286 g/mol. The van der Waals surface area contributed by atoms with Crippen LogP contribution >= 0.6 is 0 Å². The predicted molar refractivity (Wildman–Crippen MR) is 78.8 cm³/mol. The first-order valence-electron chi connectivity index (χ1n) is 7.19. The fourth-order valence-corrected chi connectivity index (χ4v) is 2.00. The van der Waals surface area contributed by atoms with E-state index < -0.39 is 17.5 Å². The molecule has 1 aliphatic rings. The molecule has 1 aliphatic heterocycles. The molecule has 2 rings (SSSR count). The van der Waals surface area contributed by atoms with Crippen LogP contribution in [0.5, 0.6) is 0 Å². The molecule has 0 saturated carbocycles. The summed E-state index contributed by atoms with van der Waals surface area (Å²) in [6, 6.07) is 1.28. The first-order chi connectivity index (χ1) is 9.61. The van der Waals surface area contributed by atoms with Gasteiger partial charge < -0.3 is 9.84 Å². The molecular formula is C14H26N2O4. The van der Waals surface area contributed by atoms with E-state index in [0.29, 0.717) is 6.42 Å². The van der Waals surface area contributed by atoms with Gasteiger partial charge in [-0.1, -0.05) is 34.6 Å². The van der Waals surface area contributed by atoms with Crippen LogP contribution in [0.15, 0.2) is 21.9 Å². The molecule has 0 radical (unpaired) electrons. The smallest absolute Gasteiger partial charge is 0.330 e. The second-order valence-electron chi connectivity index (χ2n) is 4.06. The average Bonchev–Trinajstić information content (AvgIpc) is 2.84. The van der Waals surface area contributed by atoms with E-state index in [1.165, 1.54) is 16.8 Å². The second kappa shape index (κ2) is 9.50. The van der Waals surface area contributed by atoms with Crippen molar-refractivity contribution < 1.29 is 9.84 Å². The first-order valence-corrected chi connectivity index (χ1v) is 7.19. The normalized spacial score (nSPS) is 24.2. The minimum atomic E-state index is -0.483. The van der Waals surface area contributed by atoms with E-state index in [4.69, 9.17) is 9.84 Å². The number of nitrogens with one attached hydrogen (secondary N) is 1. The van der Waals surface area contributed by atoms with E-state index in [1.807, 2.05) is 34.6 Å². The number of hydrogen-bond acceptors (Lipinski definition) is 4. The van der Waals surface area contributed by atoms with Gasteiger partial charge in [-0.2, -0.15) is 0 Å². The molecule has 1 unspecified atom stereocenters. The molecule has 0 amide bonds. The molecule has 0 spiro atoms. The van der Waals surface area contributed by atoms with Crippen molar-refractivity contribution in [3.8, 4) is 0 Å². The zero-order chi connectivity index (χ0) is 15.7. The van der Waals surface area contributed by atoms with Gasteiger partial charge in [0.15, 0.2) is 0 Å². The Labute approximate surface area is 119 Å². The Morgan fingerprint density at radius 1 is 1.35 bits per heavy atom. The summed E-state index contributed by atoms with van der Waals surface area (Å²) >= 11 is 0. The molecule has 6 heteroatoms. The Kier molecular flexibility index (Phi) is 8.83. The minimum absolute atomic E-state index is 0.0566. The number of ether oxygens (including phenoxy) is 1. The van der Waals surface area contributed by atoms with Gasteiger partial charge >= 0.3 is 5.69 Å². The van der Waals surface area contributed by atoms with Gasteiger partial charge in [0.25, 0.3) is 5.56 Å². The topological polar surface area (TPSA) is 84.3 Å². The summed E-state index contributed by atoms with van der Waals surface area (Å²) in [5.74, 6) is 0.126. The SMILES string of the molecule is CC.CC.C[C@H]1C[C@@H](CO)OC1n1ccc(=O)[nH]c1=O. The molecule has 0 aliphatic carbocycles. The van der Waals surface area contributed by atoms with Crippen molar-refractivity contribution in [1.82, 2.24) is 9.55 Å². The molecule has 1 aromatic rings. The fourth-order valence-electron chi connectivity index (χ4n) is 2.00. The van der Waals surface area contributed by atoms with E-state index >= 15 is 0 Å². The third-order valence-corrected chi connectivity index (χ3v) is 2.78. The molecule has 116 valence electrons. The van der Waals surface area contributed by atoms with Crippen molar-refractivity contribution >= 4 is 0 Å². The third-order valence-electron chi connectivity index (χ3n) is 2.78.